The summed E-state index contributed by atoms with van der Waals surface area (Å²) in [6.45, 7) is 1.86. The first-order chi connectivity index (χ1) is 7.59. The van der Waals surface area contributed by atoms with Crippen LogP contribution in [0.5, 0.6) is 0 Å². The van der Waals surface area contributed by atoms with Crippen molar-refractivity contribution in [1.29, 1.82) is 0 Å². The lowest BCUT2D eigenvalue weighted by Crippen LogP contribution is -2.30. The Balaban J connectivity index is 2.31. The van der Waals surface area contributed by atoms with E-state index in [1.807, 2.05) is 14.0 Å². The maximum Gasteiger partial charge on any atom is 0.224 e. The van der Waals surface area contributed by atoms with Crippen molar-refractivity contribution in [3.05, 3.63) is 11.0 Å². The summed E-state index contributed by atoms with van der Waals surface area (Å²) in [5.74, 6) is 0.768. The Morgan fingerprint density at radius 2 is 1.94 bits per heavy atom. The number of rotatable bonds is 2. The second-order valence-electron chi connectivity index (χ2n) is 4.36. The number of nitrogen functional groups attached to an aromatic ring is 1. The van der Waals surface area contributed by atoms with Gasteiger partial charge in [0, 0.05) is 13.1 Å². The van der Waals surface area contributed by atoms with Crippen LogP contribution in [0, 0.1) is 6.92 Å². The molecule has 5 heteroatoms. The molecule has 1 aliphatic carbocycles. The van der Waals surface area contributed by atoms with E-state index in [2.05, 4.69) is 14.9 Å². The van der Waals surface area contributed by atoms with Gasteiger partial charge in [-0.3, -0.25) is 0 Å². The highest BCUT2D eigenvalue weighted by atomic mass is 35.5. The highest BCUT2D eigenvalue weighted by molar-refractivity contribution is 6.28. The Bertz CT molecular complexity index is 388. The quantitative estimate of drug-likeness (QED) is 0.807. The summed E-state index contributed by atoms with van der Waals surface area (Å²) in [6.07, 6.45) is 4.98. The molecular formula is C11H17ClN4. The van der Waals surface area contributed by atoms with E-state index in [-0.39, 0.29) is 5.28 Å². The van der Waals surface area contributed by atoms with Crippen LogP contribution >= 0.6 is 11.6 Å². The highest BCUT2D eigenvalue weighted by Crippen LogP contribution is 2.30. The summed E-state index contributed by atoms with van der Waals surface area (Å²) in [5.41, 5.74) is 7.38. The number of aryl methyl sites for hydroxylation is 1. The lowest BCUT2D eigenvalue weighted by atomic mass is 10.2. The van der Waals surface area contributed by atoms with Crippen molar-refractivity contribution >= 4 is 23.1 Å². The minimum Gasteiger partial charge on any atom is -0.394 e. The van der Waals surface area contributed by atoms with Crippen LogP contribution in [0.4, 0.5) is 11.5 Å². The average Bonchev–Trinajstić information content (AvgIpc) is 2.75. The van der Waals surface area contributed by atoms with Gasteiger partial charge in [0.05, 0.1) is 11.4 Å². The van der Waals surface area contributed by atoms with Gasteiger partial charge in [0.1, 0.15) is 0 Å². The number of nitrogens with zero attached hydrogens (tertiary/aromatic N) is 3. The first-order valence-corrected chi connectivity index (χ1v) is 6.00. The molecule has 0 saturated heterocycles. The molecule has 0 spiro atoms. The molecule has 1 heterocycles. The minimum absolute atomic E-state index is 0.270. The molecule has 0 atom stereocenters. The molecule has 0 aliphatic heterocycles. The molecular weight excluding hydrogens is 224 g/mol. The van der Waals surface area contributed by atoms with E-state index in [1.54, 1.807) is 0 Å². The third kappa shape index (κ3) is 2.07. The molecule has 0 unspecified atom stereocenters. The van der Waals surface area contributed by atoms with Crippen LogP contribution in [-0.4, -0.2) is 23.1 Å². The lowest BCUT2D eigenvalue weighted by Gasteiger charge is -2.26. The van der Waals surface area contributed by atoms with Crippen LogP contribution in [0.1, 0.15) is 31.4 Å². The largest absolute Gasteiger partial charge is 0.394 e. The van der Waals surface area contributed by atoms with Crippen molar-refractivity contribution in [2.24, 2.45) is 0 Å². The van der Waals surface area contributed by atoms with Gasteiger partial charge in [0.2, 0.25) is 5.28 Å². The van der Waals surface area contributed by atoms with Gasteiger partial charge in [0.15, 0.2) is 5.82 Å². The number of anilines is 2. The van der Waals surface area contributed by atoms with Crippen LogP contribution in [0.3, 0.4) is 0 Å². The Hall–Kier alpha value is -1.03. The van der Waals surface area contributed by atoms with Gasteiger partial charge in [0.25, 0.3) is 0 Å². The molecule has 1 aromatic rings. The summed E-state index contributed by atoms with van der Waals surface area (Å²) in [6, 6.07) is 0.535. The van der Waals surface area contributed by atoms with E-state index in [4.69, 9.17) is 17.3 Å². The predicted octanol–water partition coefficient (Wildman–Crippen LogP) is 2.40. The summed E-state index contributed by atoms with van der Waals surface area (Å²) < 4.78 is 0. The molecule has 0 bridgehead atoms. The van der Waals surface area contributed by atoms with Gasteiger partial charge in [-0.1, -0.05) is 12.8 Å². The second-order valence-corrected chi connectivity index (χ2v) is 4.70. The molecule has 4 nitrogen and oxygen atoms in total. The Morgan fingerprint density at radius 3 is 2.56 bits per heavy atom. The van der Waals surface area contributed by atoms with E-state index < -0.39 is 0 Å². The molecule has 2 N–H and O–H groups in total. The van der Waals surface area contributed by atoms with Gasteiger partial charge in [-0.15, -0.1) is 0 Å². The zero-order chi connectivity index (χ0) is 11.7. The summed E-state index contributed by atoms with van der Waals surface area (Å²) in [5, 5.41) is 0.270. The molecule has 0 amide bonds. The van der Waals surface area contributed by atoms with Crippen molar-refractivity contribution in [3.8, 4) is 0 Å². The fraction of sp³-hybridized carbons (Fsp3) is 0.636. The van der Waals surface area contributed by atoms with E-state index >= 15 is 0 Å². The minimum atomic E-state index is 0.270. The molecule has 16 heavy (non-hydrogen) atoms. The van der Waals surface area contributed by atoms with Gasteiger partial charge in [-0.25, -0.2) is 4.98 Å². The van der Waals surface area contributed by atoms with E-state index in [0.717, 1.165) is 11.5 Å². The molecule has 2 rings (SSSR count). The smallest absolute Gasteiger partial charge is 0.224 e. The van der Waals surface area contributed by atoms with E-state index in [9.17, 15) is 0 Å². The summed E-state index contributed by atoms with van der Waals surface area (Å²) in [7, 11) is 2.03. The zero-order valence-corrected chi connectivity index (χ0v) is 10.5. The standard InChI is InChI=1S/C11H17ClN4/c1-7-9(13)10(15-11(12)14-7)16(2)8-5-3-4-6-8/h8H,3-6,13H2,1-2H3. The fourth-order valence-electron chi connectivity index (χ4n) is 2.27. The number of aromatic nitrogens is 2. The first kappa shape index (κ1) is 11.5. The van der Waals surface area contributed by atoms with Crippen molar-refractivity contribution in [3.63, 3.8) is 0 Å². The zero-order valence-electron chi connectivity index (χ0n) is 9.70. The maximum absolute atomic E-state index is 5.99. The SMILES string of the molecule is Cc1nc(Cl)nc(N(C)C2CCCC2)c1N. The molecule has 1 aromatic heterocycles. The van der Waals surface area contributed by atoms with Gasteiger partial charge in [-0.2, -0.15) is 4.98 Å². The highest BCUT2D eigenvalue weighted by Gasteiger charge is 2.23. The third-order valence-corrected chi connectivity index (χ3v) is 3.46. The van der Waals surface area contributed by atoms with Crippen molar-refractivity contribution in [2.45, 2.75) is 38.6 Å². The predicted molar refractivity (Wildman–Crippen MR) is 66.9 cm³/mol. The maximum atomic E-state index is 5.99. The second kappa shape index (κ2) is 4.45. The van der Waals surface area contributed by atoms with Crippen LogP contribution in [-0.2, 0) is 0 Å². The van der Waals surface area contributed by atoms with Gasteiger partial charge < -0.3 is 10.6 Å². The fourth-order valence-corrected chi connectivity index (χ4v) is 2.47. The van der Waals surface area contributed by atoms with Crippen molar-refractivity contribution in [1.82, 2.24) is 9.97 Å². The van der Waals surface area contributed by atoms with Crippen LogP contribution in [0.25, 0.3) is 0 Å². The van der Waals surface area contributed by atoms with E-state index in [1.165, 1.54) is 25.7 Å². The van der Waals surface area contributed by atoms with E-state index in [0.29, 0.717) is 11.7 Å². The average molecular weight is 241 g/mol. The monoisotopic (exact) mass is 240 g/mol. The molecule has 1 saturated carbocycles. The lowest BCUT2D eigenvalue weighted by molar-refractivity contribution is 0.646. The van der Waals surface area contributed by atoms with Crippen LogP contribution in [0.2, 0.25) is 5.28 Å². The van der Waals surface area contributed by atoms with Gasteiger partial charge in [-0.05, 0) is 31.4 Å². The number of hydrogen-bond donors (Lipinski definition) is 1. The third-order valence-electron chi connectivity index (χ3n) is 3.30. The number of halogens is 1. The molecule has 1 aliphatic rings. The number of nitrogens with two attached hydrogens (primary N) is 1. The normalized spacial score (nSPS) is 16.7. The summed E-state index contributed by atoms with van der Waals surface area (Å²) in [4.78, 5) is 10.4. The molecule has 0 aromatic carbocycles. The summed E-state index contributed by atoms with van der Waals surface area (Å²) >= 11 is 5.87. The first-order valence-electron chi connectivity index (χ1n) is 5.62. The molecule has 1 fully saturated rings. The molecule has 88 valence electrons. The van der Waals surface area contributed by atoms with Crippen LogP contribution in [0.15, 0.2) is 0 Å². The Kier molecular flexibility index (Phi) is 3.19. The van der Waals surface area contributed by atoms with Crippen molar-refractivity contribution in [2.75, 3.05) is 17.7 Å². The number of hydrogen-bond acceptors (Lipinski definition) is 4. The Labute approximate surface area is 101 Å². The van der Waals surface area contributed by atoms with Crippen LogP contribution < -0.4 is 10.6 Å². The van der Waals surface area contributed by atoms with Gasteiger partial charge >= 0.3 is 0 Å². The Morgan fingerprint density at radius 1 is 1.31 bits per heavy atom. The topological polar surface area (TPSA) is 55.0 Å². The van der Waals surface area contributed by atoms with Crippen molar-refractivity contribution < 1.29 is 0 Å². The molecule has 0 radical (unpaired) electrons.